The van der Waals surface area contributed by atoms with Crippen LogP contribution in [0, 0.1) is 5.92 Å². The van der Waals surface area contributed by atoms with E-state index in [-0.39, 0.29) is 17.6 Å². The number of amides is 2. The van der Waals surface area contributed by atoms with Gasteiger partial charge >= 0.3 is 6.09 Å². The minimum absolute atomic E-state index is 0.0578. The highest BCUT2D eigenvalue weighted by molar-refractivity contribution is 5.99. The van der Waals surface area contributed by atoms with Gasteiger partial charge in [-0.3, -0.25) is 14.5 Å². The number of nitrogens with one attached hydrogen (secondary N) is 1. The number of carbonyl (C=O) groups is 3. The fourth-order valence-electron chi connectivity index (χ4n) is 4.22. The summed E-state index contributed by atoms with van der Waals surface area (Å²) in [6.07, 6.45) is 2.85. The Hall–Kier alpha value is -2.61. The molecule has 1 saturated carbocycles. The molecule has 8 nitrogen and oxygen atoms in total. The lowest BCUT2D eigenvalue weighted by Crippen LogP contribution is -2.56. The van der Waals surface area contributed by atoms with Gasteiger partial charge in [-0.1, -0.05) is 6.92 Å². The average molecular weight is 488 g/mol. The van der Waals surface area contributed by atoms with Gasteiger partial charge in [-0.25, -0.2) is 4.79 Å². The molecule has 1 heterocycles. The van der Waals surface area contributed by atoms with Crippen LogP contribution in [0.2, 0.25) is 0 Å². The molecule has 1 aromatic rings. The number of Topliss-reactive ketones (excluding diaryl/α,β-unsaturated/α-hetero) is 1. The molecule has 2 fully saturated rings. The van der Waals surface area contributed by atoms with Crippen LogP contribution in [-0.2, 0) is 9.53 Å². The molecular formula is C27H41N3O5. The molecule has 0 unspecified atom stereocenters. The van der Waals surface area contributed by atoms with Crippen LogP contribution in [0.25, 0.3) is 0 Å². The quantitative estimate of drug-likeness (QED) is 0.504. The molecule has 0 aromatic heterocycles. The summed E-state index contributed by atoms with van der Waals surface area (Å²) in [5.74, 6) is 1.20. The lowest BCUT2D eigenvalue weighted by atomic mass is 10.1. The number of hydrogen-bond acceptors (Lipinski definition) is 6. The summed E-state index contributed by atoms with van der Waals surface area (Å²) in [7, 11) is 0. The number of carbonyl (C=O) groups excluding carboxylic acids is 3. The Morgan fingerprint density at radius 2 is 1.69 bits per heavy atom. The molecule has 0 radical (unpaired) electrons. The van der Waals surface area contributed by atoms with E-state index in [0.29, 0.717) is 32.2 Å². The van der Waals surface area contributed by atoms with Crippen molar-refractivity contribution >= 4 is 17.8 Å². The average Bonchev–Trinajstić information content (AvgIpc) is 3.66. The van der Waals surface area contributed by atoms with Gasteiger partial charge in [0.1, 0.15) is 17.4 Å². The summed E-state index contributed by atoms with van der Waals surface area (Å²) in [6, 6.07) is 7.21. The maximum Gasteiger partial charge on any atom is 0.408 e. The number of piperazine rings is 1. The fraction of sp³-hybridized carbons (Fsp3) is 0.667. The van der Waals surface area contributed by atoms with Crippen LogP contribution in [-0.4, -0.2) is 78.1 Å². The van der Waals surface area contributed by atoms with Crippen molar-refractivity contribution in [2.75, 3.05) is 32.8 Å². The van der Waals surface area contributed by atoms with Crippen molar-refractivity contribution < 1.29 is 23.9 Å². The first-order valence-electron chi connectivity index (χ1n) is 12.9. The third kappa shape index (κ3) is 8.23. The van der Waals surface area contributed by atoms with Crippen molar-refractivity contribution in [2.45, 2.75) is 78.0 Å². The van der Waals surface area contributed by atoms with Crippen LogP contribution in [0.3, 0.4) is 0 Å². The summed E-state index contributed by atoms with van der Waals surface area (Å²) in [6.45, 7) is 12.9. The molecule has 35 heavy (non-hydrogen) atoms. The minimum Gasteiger partial charge on any atom is -0.494 e. The summed E-state index contributed by atoms with van der Waals surface area (Å²) in [5, 5.41) is 2.71. The van der Waals surface area contributed by atoms with E-state index in [1.807, 2.05) is 36.1 Å². The van der Waals surface area contributed by atoms with E-state index in [1.165, 1.54) is 0 Å². The van der Waals surface area contributed by atoms with E-state index < -0.39 is 17.7 Å². The van der Waals surface area contributed by atoms with Gasteiger partial charge in [-0.15, -0.1) is 0 Å². The molecule has 194 valence electrons. The summed E-state index contributed by atoms with van der Waals surface area (Å²) >= 11 is 0. The maximum absolute atomic E-state index is 12.9. The Bertz CT molecular complexity index is 868. The van der Waals surface area contributed by atoms with Gasteiger partial charge in [-0.05, 0) is 77.6 Å². The number of benzene rings is 1. The van der Waals surface area contributed by atoms with E-state index >= 15 is 0 Å². The molecule has 1 saturated heterocycles. The molecule has 1 aliphatic heterocycles. The highest BCUT2D eigenvalue weighted by Crippen LogP contribution is 2.32. The number of alkyl carbamates (subject to hydrolysis) is 1. The molecule has 2 aliphatic rings. The van der Waals surface area contributed by atoms with Crippen LogP contribution in [0.4, 0.5) is 4.79 Å². The smallest absolute Gasteiger partial charge is 0.408 e. The van der Waals surface area contributed by atoms with E-state index in [1.54, 1.807) is 20.8 Å². The van der Waals surface area contributed by atoms with E-state index in [2.05, 4.69) is 17.1 Å². The SMILES string of the molecule is CC[C@@H](NC(=O)OC(C)(C)C)C(=O)N1CCN([C@H](C)CCOc2ccc(C(=O)C3CC3)cc2)CC1. The highest BCUT2D eigenvalue weighted by Gasteiger charge is 2.31. The van der Waals surface area contributed by atoms with Crippen LogP contribution in [0.1, 0.15) is 70.7 Å². The Morgan fingerprint density at radius 1 is 1.06 bits per heavy atom. The van der Waals surface area contributed by atoms with Crippen LogP contribution >= 0.6 is 0 Å². The Morgan fingerprint density at radius 3 is 2.23 bits per heavy atom. The molecule has 0 spiro atoms. The molecule has 0 bridgehead atoms. The summed E-state index contributed by atoms with van der Waals surface area (Å²) in [4.78, 5) is 41.3. The number of rotatable bonds is 10. The largest absolute Gasteiger partial charge is 0.494 e. The first-order valence-corrected chi connectivity index (χ1v) is 12.9. The Kier molecular flexibility index (Phi) is 9.16. The number of hydrogen-bond donors (Lipinski definition) is 1. The second kappa shape index (κ2) is 11.9. The van der Waals surface area contributed by atoms with Gasteiger partial charge < -0.3 is 19.7 Å². The summed E-state index contributed by atoms with van der Waals surface area (Å²) < 4.78 is 11.2. The Labute approximate surface area is 209 Å². The van der Waals surface area contributed by atoms with Crippen molar-refractivity contribution in [3.05, 3.63) is 29.8 Å². The van der Waals surface area contributed by atoms with Crippen LogP contribution < -0.4 is 10.1 Å². The van der Waals surface area contributed by atoms with Gasteiger partial charge in [0.2, 0.25) is 5.91 Å². The maximum atomic E-state index is 12.9. The molecule has 3 rings (SSSR count). The Balaban J connectivity index is 1.38. The summed E-state index contributed by atoms with van der Waals surface area (Å²) in [5.41, 5.74) is 0.169. The molecule has 1 N–H and O–H groups in total. The topological polar surface area (TPSA) is 88.2 Å². The van der Waals surface area contributed by atoms with E-state index in [9.17, 15) is 14.4 Å². The molecule has 8 heteroatoms. The number of ketones is 1. The minimum atomic E-state index is -0.602. The number of nitrogens with zero attached hydrogens (tertiary/aromatic N) is 2. The van der Waals surface area contributed by atoms with Crippen molar-refractivity contribution in [2.24, 2.45) is 5.92 Å². The third-order valence-corrected chi connectivity index (χ3v) is 6.54. The first-order chi connectivity index (χ1) is 16.6. The normalized spacial score (nSPS) is 18.5. The molecule has 2 amide bonds. The van der Waals surface area contributed by atoms with Crippen LogP contribution in [0.5, 0.6) is 5.75 Å². The van der Waals surface area contributed by atoms with Crippen molar-refractivity contribution in [3.8, 4) is 5.75 Å². The zero-order valence-corrected chi connectivity index (χ0v) is 21.8. The first kappa shape index (κ1) is 27.0. The van der Waals surface area contributed by atoms with Crippen molar-refractivity contribution in [1.82, 2.24) is 15.1 Å². The molecule has 1 aromatic carbocycles. The lowest BCUT2D eigenvalue weighted by Gasteiger charge is -2.39. The predicted octanol–water partition coefficient (Wildman–Crippen LogP) is 3.88. The van der Waals surface area contributed by atoms with Crippen molar-refractivity contribution in [1.29, 1.82) is 0 Å². The van der Waals surface area contributed by atoms with Crippen LogP contribution in [0.15, 0.2) is 24.3 Å². The second-order valence-electron chi connectivity index (χ2n) is 10.6. The zero-order valence-electron chi connectivity index (χ0n) is 21.8. The van der Waals surface area contributed by atoms with Gasteiger partial charge in [0.15, 0.2) is 5.78 Å². The fourth-order valence-corrected chi connectivity index (χ4v) is 4.22. The number of ether oxygens (including phenoxy) is 2. The van der Waals surface area contributed by atoms with Crippen molar-refractivity contribution in [3.63, 3.8) is 0 Å². The third-order valence-electron chi connectivity index (χ3n) is 6.54. The lowest BCUT2D eigenvalue weighted by molar-refractivity contribution is -0.135. The second-order valence-corrected chi connectivity index (χ2v) is 10.6. The highest BCUT2D eigenvalue weighted by atomic mass is 16.6. The molecule has 2 atom stereocenters. The van der Waals surface area contributed by atoms with E-state index in [4.69, 9.17) is 9.47 Å². The van der Waals surface area contributed by atoms with E-state index in [0.717, 1.165) is 43.7 Å². The standard InChI is InChI=1S/C27H41N3O5/c1-6-23(28-26(33)35-27(3,4)5)25(32)30-16-14-29(15-17-30)19(2)13-18-34-22-11-9-21(10-12-22)24(31)20-7-8-20/h9-12,19-20,23H,6-8,13-18H2,1-5H3,(H,28,33)/t19-,23-/m1/s1. The van der Waals surface area contributed by atoms with Gasteiger partial charge in [0, 0.05) is 43.7 Å². The molecule has 1 aliphatic carbocycles. The predicted molar refractivity (Wildman–Crippen MR) is 135 cm³/mol. The zero-order chi connectivity index (χ0) is 25.6. The van der Waals surface area contributed by atoms with Gasteiger partial charge in [0.25, 0.3) is 0 Å². The molecular weight excluding hydrogens is 446 g/mol. The van der Waals surface area contributed by atoms with Gasteiger partial charge in [0.05, 0.1) is 6.61 Å². The monoisotopic (exact) mass is 487 g/mol. The van der Waals surface area contributed by atoms with Gasteiger partial charge in [-0.2, -0.15) is 0 Å².